The standard InChI is InChI=1S/C19H16ClFN2O2/c1-12-7-8-14(18(21)17(12)20)22-15-11-16(24)23(19(15)25)10-9-13-5-3-2-4-6-13/h2-8,11,22H,9-10H2,1H3. The minimum Gasteiger partial charge on any atom is -0.348 e. The van der Waals surface area contributed by atoms with Crippen molar-refractivity contribution in [3.05, 3.63) is 76.2 Å². The van der Waals surface area contributed by atoms with Crippen LogP contribution in [0.1, 0.15) is 11.1 Å². The Morgan fingerprint density at radius 3 is 2.56 bits per heavy atom. The number of aryl methyl sites for hydroxylation is 1. The number of nitrogens with zero attached hydrogens (tertiary/aromatic N) is 1. The molecular weight excluding hydrogens is 343 g/mol. The van der Waals surface area contributed by atoms with Crippen LogP contribution in [0.2, 0.25) is 5.02 Å². The topological polar surface area (TPSA) is 49.4 Å². The van der Waals surface area contributed by atoms with Crippen LogP contribution in [0, 0.1) is 12.7 Å². The molecule has 3 rings (SSSR count). The predicted octanol–water partition coefficient (Wildman–Crippen LogP) is 3.69. The second-order valence-corrected chi connectivity index (χ2v) is 6.15. The number of hydrogen-bond acceptors (Lipinski definition) is 3. The molecule has 0 saturated carbocycles. The third kappa shape index (κ3) is 3.56. The zero-order valence-corrected chi connectivity index (χ0v) is 14.3. The number of hydrogen-bond donors (Lipinski definition) is 1. The summed E-state index contributed by atoms with van der Waals surface area (Å²) in [5, 5.41) is 2.66. The lowest BCUT2D eigenvalue weighted by Crippen LogP contribution is -2.34. The third-order valence-electron chi connectivity index (χ3n) is 4.02. The van der Waals surface area contributed by atoms with Crippen molar-refractivity contribution in [2.45, 2.75) is 13.3 Å². The summed E-state index contributed by atoms with van der Waals surface area (Å²) in [6.07, 6.45) is 1.74. The molecule has 2 aromatic rings. The number of amides is 2. The molecule has 1 aliphatic rings. The Hall–Kier alpha value is -2.66. The average molecular weight is 359 g/mol. The fourth-order valence-electron chi connectivity index (χ4n) is 2.58. The van der Waals surface area contributed by atoms with Crippen molar-refractivity contribution in [2.75, 3.05) is 11.9 Å². The van der Waals surface area contributed by atoms with E-state index in [1.54, 1.807) is 13.0 Å². The van der Waals surface area contributed by atoms with Crippen molar-refractivity contribution in [3.8, 4) is 0 Å². The molecule has 1 aliphatic heterocycles. The number of nitrogens with one attached hydrogen (secondary N) is 1. The number of anilines is 1. The lowest BCUT2D eigenvalue weighted by atomic mass is 10.1. The number of carbonyl (C=O) groups is 2. The van der Waals surface area contributed by atoms with Crippen LogP contribution < -0.4 is 5.32 Å². The molecule has 1 N–H and O–H groups in total. The first-order chi connectivity index (χ1) is 12.0. The molecule has 0 aromatic heterocycles. The van der Waals surface area contributed by atoms with Crippen LogP contribution in [0.25, 0.3) is 0 Å². The molecule has 0 fully saturated rings. The normalized spacial score (nSPS) is 14.0. The molecule has 0 atom stereocenters. The van der Waals surface area contributed by atoms with E-state index in [0.29, 0.717) is 12.0 Å². The van der Waals surface area contributed by atoms with Gasteiger partial charge in [0.2, 0.25) is 0 Å². The highest BCUT2D eigenvalue weighted by atomic mass is 35.5. The van der Waals surface area contributed by atoms with Gasteiger partial charge < -0.3 is 5.32 Å². The number of imide groups is 1. The second-order valence-electron chi connectivity index (χ2n) is 5.77. The Morgan fingerprint density at radius 2 is 1.84 bits per heavy atom. The summed E-state index contributed by atoms with van der Waals surface area (Å²) in [5.41, 5.74) is 1.72. The van der Waals surface area contributed by atoms with Gasteiger partial charge in [0.05, 0.1) is 10.7 Å². The Balaban J connectivity index is 1.70. The predicted molar refractivity (Wildman–Crippen MR) is 94.7 cm³/mol. The molecule has 4 nitrogen and oxygen atoms in total. The summed E-state index contributed by atoms with van der Waals surface area (Å²) in [6.45, 7) is 1.95. The van der Waals surface area contributed by atoms with Gasteiger partial charge in [0.15, 0.2) is 5.82 Å². The lowest BCUT2D eigenvalue weighted by molar-refractivity contribution is -0.137. The minimum atomic E-state index is -0.648. The lowest BCUT2D eigenvalue weighted by Gasteiger charge is -2.15. The van der Waals surface area contributed by atoms with E-state index in [2.05, 4.69) is 5.32 Å². The molecule has 2 amide bonds. The summed E-state index contributed by atoms with van der Waals surface area (Å²) >= 11 is 5.88. The van der Waals surface area contributed by atoms with Gasteiger partial charge in [-0.05, 0) is 30.5 Å². The van der Waals surface area contributed by atoms with E-state index in [1.807, 2.05) is 30.3 Å². The summed E-state index contributed by atoms with van der Waals surface area (Å²) in [6, 6.07) is 12.7. The van der Waals surface area contributed by atoms with Crippen molar-refractivity contribution in [1.29, 1.82) is 0 Å². The van der Waals surface area contributed by atoms with Gasteiger partial charge >= 0.3 is 0 Å². The van der Waals surface area contributed by atoms with Gasteiger partial charge in [-0.15, -0.1) is 0 Å². The molecule has 0 spiro atoms. The van der Waals surface area contributed by atoms with Crippen molar-refractivity contribution >= 4 is 29.1 Å². The third-order valence-corrected chi connectivity index (χ3v) is 4.49. The van der Waals surface area contributed by atoms with Gasteiger partial charge in [-0.3, -0.25) is 14.5 Å². The molecule has 0 radical (unpaired) electrons. The maximum Gasteiger partial charge on any atom is 0.277 e. The Morgan fingerprint density at radius 1 is 1.12 bits per heavy atom. The Kier molecular flexibility index (Phi) is 4.86. The van der Waals surface area contributed by atoms with Crippen LogP contribution in [-0.4, -0.2) is 23.3 Å². The first-order valence-electron chi connectivity index (χ1n) is 7.80. The molecule has 6 heteroatoms. The van der Waals surface area contributed by atoms with Crippen molar-refractivity contribution in [3.63, 3.8) is 0 Å². The quantitative estimate of drug-likeness (QED) is 0.829. The van der Waals surface area contributed by atoms with Crippen LogP contribution in [0.5, 0.6) is 0 Å². The van der Waals surface area contributed by atoms with Gasteiger partial charge in [0.1, 0.15) is 5.70 Å². The molecule has 25 heavy (non-hydrogen) atoms. The Labute approximate surface area is 149 Å². The summed E-state index contributed by atoms with van der Waals surface area (Å²) < 4.78 is 14.2. The van der Waals surface area contributed by atoms with Crippen LogP contribution in [0.15, 0.2) is 54.2 Å². The number of rotatable bonds is 5. The smallest absolute Gasteiger partial charge is 0.277 e. The van der Waals surface area contributed by atoms with E-state index in [9.17, 15) is 14.0 Å². The molecule has 0 bridgehead atoms. The highest BCUT2D eigenvalue weighted by Gasteiger charge is 2.31. The molecule has 1 heterocycles. The first-order valence-corrected chi connectivity index (χ1v) is 8.18. The molecular formula is C19H16ClFN2O2. The summed E-state index contributed by atoms with van der Waals surface area (Å²) in [4.78, 5) is 25.6. The van der Waals surface area contributed by atoms with E-state index in [0.717, 1.165) is 10.5 Å². The fraction of sp³-hybridized carbons (Fsp3) is 0.158. The van der Waals surface area contributed by atoms with Gasteiger partial charge in [-0.1, -0.05) is 48.0 Å². The fourth-order valence-corrected chi connectivity index (χ4v) is 2.75. The van der Waals surface area contributed by atoms with E-state index in [-0.39, 0.29) is 23.0 Å². The molecule has 0 saturated heterocycles. The Bertz CT molecular complexity index is 865. The first kappa shape index (κ1) is 17.2. The van der Waals surface area contributed by atoms with Crippen molar-refractivity contribution < 1.29 is 14.0 Å². The van der Waals surface area contributed by atoms with Crippen LogP contribution >= 0.6 is 11.6 Å². The average Bonchev–Trinajstić information content (AvgIpc) is 2.88. The highest BCUT2D eigenvalue weighted by Crippen LogP contribution is 2.28. The van der Waals surface area contributed by atoms with Crippen molar-refractivity contribution in [1.82, 2.24) is 4.90 Å². The molecule has 128 valence electrons. The van der Waals surface area contributed by atoms with E-state index in [4.69, 9.17) is 11.6 Å². The van der Waals surface area contributed by atoms with Crippen LogP contribution in [-0.2, 0) is 16.0 Å². The molecule has 2 aromatic carbocycles. The maximum atomic E-state index is 14.2. The van der Waals surface area contributed by atoms with E-state index < -0.39 is 17.6 Å². The molecule has 0 unspecified atom stereocenters. The van der Waals surface area contributed by atoms with Crippen LogP contribution in [0.4, 0.5) is 10.1 Å². The number of halogens is 2. The largest absolute Gasteiger partial charge is 0.348 e. The number of benzene rings is 2. The zero-order chi connectivity index (χ0) is 18.0. The van der Waals surface area contributed by atoms with Crippen LogP contribution in [0.3, 0.4) is 0 Å². The summed E-state index contributed by atoms with van der Waals surface area (Å²) in [5.74, 6) is -1.54. The maximum absolute atomic E-state index is 14.2. The summed E-state index contributed by atoms with van der Waals surface area (Å²) in [7, 11) is 0. The highest BCUT2D eigenvalue weighted by molar-refractivity contribution is 6.31. The van der Waals surface area contributed by atoms with Gasteiger partial charge in [-0.25, -0.2) is 4.39 Å². The second kappa shape index (κ2) is 7.07. The number of carbonyl (C=O) groups excluding carboxylic acids is 2. The monoisotopic (exact) mass is 358 g/mol. The van der Waals surface area contributed by atoms with E-state index in [1.165, 1.54) is 12.1 Å². The van der Waals surface area contributed by atoms with Crippen molar-refractivity contribution in [2.24, 2.45) is 0 Å². The minimum absolute atomic E-state index is 0.0108. The van der Waals surface area contributed by atoms with Gasteiger partial charge in [-0.2, -0.15) is 0 Å². The molecule has 0 aliphatic carbocycles. The zero-order valence-electron chi connectivity index (χ0n) is 13.6. The van der Waals surface area contributed by atoms with Gasteiger partial charge in [0, 0.05) is 12.6 Å². The SMILES string of the molecule is Cc1ccc(NC2=CC(=O)N(CCc3ccccc3)C2=O)c(F)c1Cl. The van der Waals surface area contributed by atoms with Gasteiger partial charge in [0.25, 0.3) is 11.8 Å². The van der Waals surface area contributed by atoms with E-state index >= 15 is 0 Å².